The van der Waals surface area contributed by atoms with E-state index in [2.05, 4.69) is 23.0 Å². The number of aliphatic hydroxyl groups excluding tert-OH is 2. The van der Waals surface area contributed by atoms with Crippen LogP contribution in [-0.4, -0.2) is 73.8 Å². The summed E-state index contributed by atoms with van der Waals surface area (Å²) < 4.78 is 7.84. The first-order valence-corrected chi connectivity index (χ1v) is 9.23. The molecule has 2 aliphatic heterocycles. The average Bonchev–Trinajstić information content (AvgIpc) is 3.07. The van der Waals surface area contributed by atoms with Gasteiger partial charge in [0.15, 0.2) is 0 Å². The molecule has 8 heteroatoms. The summed E-state index contributed by atoms with van der Waals surface area (Å²) in [6.07, 6.45) is 4.52. The molecule has 2 fully saturated rings. The fraction of sp³-hybridized carbons (Fsp3) is 0.579. The van der Waals surface area contributed by atoms with Gasteiger partial charge in [0.1, 0.15) is 6.10 Å². The lowest BCUT2D eigenvalue weighted by atomic mass is 9.80. The Kier molecular flexibility index (Phi) is 6.11. The van der Waals surface area contributed by atoms with Gasteiger partial charge in [0, 0.05) is 31.4 Å². The number of carbonyl (C=O) groups is 1. The molecule has 0 saturated carbocycles. The molecule has 0 aliphatic carbocycles. The van der Waals surface area contributed by atoms with E-state index in [0.29, 0.717) is 13.0 Å². The van der Waals surface area contributed by atoms with Gasteiger partial charge in [-0.3, -0.25) is 9.69 Å². The zero-order chi connectivity index (χ0) is 19.4. The maximum atomic E-state index is 10.4. The number of pyridine rings is 1. The normalized spacial score (nSPS) is 25.1. The molecule has 27 heavy (non-hydrogen) atoms. The van der Waals surface area contributed by atoms with Crippen molar-refractivity contribution >= 4 is 12.0 Å². The molecule has 4 heterocycles. The smallest absolute Gasteiger partial charge is 0.290 e. The number of aryl methyl sites for hydroxylation is 1. The fourth-order valence-corrected chi connectivity index (χ4v) is 4.16. The molecule has 0 radical (unpaired) electrons. The molecule has 2 aliphatic rings. The third-order valence-corrected chi connectivity index (χ3v) is 5.62. The second-order valence-electron chi connectivity index (χ2n) is 7.25. The van der Waals surface area contributed by atoms with Gasteiger partial charge < -0.3 is 20.1 Å². The Morgan fingerprint density at radius 1 is 1.37 bits per heavy atom. The summed E-state index contributed by atoms with van der Waals surface area (Å²) in [7, 11) is 0. The van der Waals surface area contributed by atoms with Crippen molar-refractivity contribution in [1.82, 2.24) is 14.5 Å². The van der Waals surface area contributed by atoms with Crippen LogP contribution in [-0.2, 0) is 16.1 Å². The van der Waals surface area contributed by atoms with Crippen molar-refractivity contribution < 1.29 is 24.9 Å². The van der Waals surface area contributed by atoms with E-state index in [-0.39, 0.29) is 6.47 Å². The van der Waals surface area contributed by atoms with Crippen LogP contribution in [0.5, 0.6) is 0 Å². The van der Waals surface area contributed by atoms with E-state index in [1.807, 2.05) is 23.0 Å². The zero-order valence-corrected chi connectivity index (χ0v) is 15.5. The maximum absolute atomic E-state index is 10.4. The fourth-order valence-electron chi connectivity index (χ4n) is 4.16. The van der Waals surface area contributed by atoms with E-state index in [4.69, 9.17) is 14.6 Å². The van der Waals surface area contributed by atoms with Crippen molar-refractivity contribution in [1.29, 1.82) is 0 Å². The number of aromatic nitrogens is 2. The summed E-state index contributed by atoms with van der Waals surface area (Å²) in [4.78, 5) is 10.7. The third kappa shape index (κ3) is 3.98. The number of fused-ring (bicyclic) bond motifs is 1. The molecule has 8 nitrogen and oxygen atoms in total. The zero-order valence-electron chi connectivity index (χ0n) is 15.5. The van der Waals surface area contributed by atoms with Crippen LogP contribution in [0.3, 0.4) is 0 Å². The monoisotopic (exact) mass is 377 g/mol. The first-order chi connectivity index (χ1) is 13.0. The van der Waals surface area contributed by atoms with Crippen LogP contribution in [0.2, 0.25) is 0 Å². The Hall–Kier alpha value is -2.00. The van der Waals surface area contributed by atoms with E-state index >= 15 is 0 Å². The Balaban J connectivity index is 0.000000659. The van der Waals surface area contributed by atoms with Crippen LogP contribution in [0.15, 0.2) is 24.5 Å². The summed E-state index contributed by atoms with van der Waals surface area (Å²) in [6, 6.07) is 4.12. The first kappa shape index (κ1) is 19.8. The van der Waals surface area contributed by atoms with Gasteiger partial charge in [0.05, 0.1) is 30.0 Å². The van der Waals surface area contributed by atoms with Crippen molar-refractivity contribution in [2.75, 3.05) is 19.7 Å². The Morgan fingerprint density at radius 3 is 2.78 bits per heavy atom. The van der Waals surface area contributed by atoms with Crippen molar-refractivity contribution in [3.63, 3.8) is 0 Å². The van der Waals surface area contributed by atoms with Crippen LogP contribution in [0.4, 0.5) is 0 Å². The molecule has 0 aromatic carbocycles. The SMILES string of the molecule is Cc1cccn2ncc(CN3CCC4(CC3)OCC[C@H](O)[C@@H]4O)c12.O=CO. The standard InChI is InChI=1S/C18H25N3O3.CH2O2/c1-13-3-2-7-21-16(13)14(11-19-21)12-20-8-5-18(6-9-20)17(23)15(22)4-10-24-18;2-1-3/h2-3,7,11,15,17,22-23H,4-6,8-10,12H2,1H3;1H,(H,2,3)/t15-,17-;/m0./s1. The molecular formula is C19H27N3O5. The first-order valence-electron chi connectivity index (χ1n) is 9.23. The van der Waals surface area contributed by atoms with Crippen molar-refractivity contribution in [3.05, 3.63) is 35.7 Å². The number of hydrogen-bond donors (Lipinski definition) is 3. The number of piperidine rings is 1. The lowest BCUT2D eigenvalue weighted by Crippen LogP contribution is -2.59. The van der Waals surface area contributed by atoms with Crippen molar-refractivity contribution in [2.45, 2.75) is 50.5 Å². The predicted molar refractivity (Wildman–Crippen MR) is 98.4 cm³/mol. The molecule has 0 bridgehead atoms. The Morgan fingerprint density at radius 2 is 2.07 bits per heavy atom. The summed E-state index contributed by atoms with van der Waals surface area (Å²) in [6.45, 7) is 4.95. The third-order valence-electron chi connectivity index (χ3n) is 5.62. The minimum Gasteiger partial charge on any atom is -0.483 e. The lowest BCUT2D eigenvalue weighted by molar-refractivity contribution is -0.214. The van der Waals surface area contributed by atoms with Gasteiger partial charge in [-0.15, -0.1) is 0 Å². The van der Waals surface area contributed by atoms with Crippen LogP contribution >= 0.6 is 0 Å². The van der Waals surface area contributed by atoms with E-state index in [9.17, 15) is 10.2 Å². The Labute approximate surface area is 158 Å². The number of hydrogen-bond acceptors (Lipinski definition) is 6. The van der Waals surface area contributed by atoms with Crippen LogP contribution < -0.4 is 0 Å². The summed E-state index contributed by atoms with van der Waals surface area (Å²) >= 11 is 0. The molecule has 2 saturated heterocycles. The number of aliphatic hydroxyl groups is 2. The highest BCUT2D eigenvalue weighted by molar-refractivity contribution is 5.59. The lowest BCUT2D eigenvalue weighted by Gasteiger charge is -2.48. The molecule has 4 rings (SSSR count). The van der Waals surface area contributed by atoms with E-state index in [1.165, 1.54) is 16.6 Å². The number of ether oxygens (including phenoxy) is 1. The second kappa shape index (κ2) is 8.35. The molecule has 0 unspecified atom stereocenters. The minimum absolute atomic E-state index is 0.250. The topological polar surface area (TPSA) is 108 Å². The van der Waals surface area contributed by atoms with Crippen molar-refractivity contribution in [3.8, 4) is 0 Å². The number of likely N-dealkylation sites (tertiary alicyclic amines) is 1. The average molecular weight is 377 g/mol. The molecule has 0 amide bonds. The number of nitrogens with zero attached hydrogens (tertiary/aromatic N) is 3. The van der Waals surface area contributed by atoms with Gasteiger partial charge >= 0.3 is 0 Å². The van der Waals surface area contributed by atoms with Gasteiger partial charge in [0.25, 0.3) is 6.47 Å². The summed E-state index contributed by atoms with van der Waals surface area (Å²) in [5.41, 5.74) is 3.08. The number of rotatable bonds is 2. The van der Waals surface area contributed by atoms with Gasteiger partial charge in [-0.05, 0) is 37.8 Å². The molecule has 148 valence electrons. The summed E-state index contributed by atoms with van der Waals surface area (Å²) in [5.74, 6) is 0. The van der Waals surface area contributed by atoms with Crippen molar-refractivity contribution in [2.24, 2.45) is 0 Å². The van der Waals surface area contributed by atoms with Crippen LogP contribution in [0.25, 0.3) is 5.52 Å². The molecule has 2 aromatic rings. The molecule has 2 aromatic heterocycles. The second-order valence-corrected chi connectivity index (χ2v) is 7.25. The highest BCUT2D eigenvalue weighted by atomic mass is 16.5. The molecule has 2 atom stereocenters. The molecular weight excluding hydrogens is 350 g/mol. The van der Waals surface area contributed by atoms with Crippen LogP contribution in [0, 0.1) is 6.92 Å². The quantitative estimate of drug-likeness (QED) is 0.665. The molecule has 3 N–H and O–H groups in total. The predicted octanol–water partition coefficient (Wildman–Crippen LogP) is 0.820. The Bertz CT molecular complexity index is 770. The highest BCUT2D eigenvalue weighted by Crippen LogP contribution is 2.36. The maximum Gasteiger partial charge on any atom is 0.290 e. The van der Waals surface area contributed by atoms with E-state index in [1.54, 1.807) is 0 Å². The largest absolute Gasteiger partial charge is 0.483 e. The van der Waals surface area contributed by atoms with E-state index < -0.39 is 17.8 Å². The molecule has 1 spiro atoms. The number of carboxylic acid groups (broad SMARTS) is 1. The summed E-state index contributed by atoms with van der Waals surface area (Å²) in [5, 5.41) is 31.7. The minimum atomic E-state index is -0.771. The van der Waals surface area contributed by atoms with Gasteiger partial charge in [-0.25, -0.2) is 4.52 Å². The van der Waals surface area contributed by atoms with Crippen LogP contribution in [0.1, 0.15) is 30.4 Å². The highest BCUT2D eigenvalue weighted by Gasteiger charge is 2.47. The van der Waals surface area contributed by atoms with Gasteiger partial charge in [-0.2, -0.15) is 5.10 Å². The van der Waals surface area contributed by atoms with Gasteiger partial charge in [-0.1, -0.05) is 6.07 Å². The van der Waals surface area contributed by atoms with Gasteiger partial charge in [0.2, 0.25) is 0 Å². The van der Waals surface area contributed by atoms with E-state index in [0.717, 1.165) is 32.5 Å².